The van der Waals surface area contributed by atoms with Crippen molar-refractivity contribution in [3.8, 4) is 0 Å². The Morgan fingerprint density at radius 3 is 3.14 bits per heavy atom. The summed E-state index contributed by atoms with van der Waals surface area (Å²) >= 11 is 0. The van der Waals surface area contributed by atoms with Crippen LogP contribution in [-0.2, 0) is 11.2 Å². The maximum Gasteiger partial charge on any atom is 0.160 e. The van der Waals surface area contributed by atoms with Gasteiger partial charge in [0, 0.05) is 25.9 Å². The molecule has 2 aromatic heterocycles. The molecule has 0 atom stereocenters. The number of anilines is 1. The average Bonchev–Trinajstić information content (AvgIpc) is 2.59. The summed E-state index contributed by atoms with van der Waals surface area (Å²) in [5, 5.41) is 0. The van der Waals surface area contributed by atoms with Gasteiger partial charge >= 0.3 is 0 Å². The lowest BCUT2D eigenvalue weighted by Crippen LogP contribution is -1.94. The lowest BCUT2D eigenvalue weighted by atomic mass is 10.3. The highest BCUT2D eigenvalue weighted by Gasteiger charge is 2.02. The lowest BCUT2D eigenvalue weighted by Gasteiger charge is -1.94. The smallest absolute Gasteiger partial charge is 0.160 e. The van der Waals surface area contributed by atoms with Crippen LogP contribution in [0.15, 0.2) is 24.5 Å². The van der Waals surface area contributed by atoms with Crippen molar-refractivity contribution in [1.82, 2.24) is 9.38 Å². The number of hydrogen-bond acceptors (Lipinski definition) is 3. The van der Waals surface area contributed by atoms with Gasteiger partial charge < -0.3 is 14.9 Å². The van der Waals surface area contributed by atoms with Gasteiger partial charge in [-0.25, -0.2) is 4.98 Å². The number of ether oxygens (including phenoxy) is 1. The van der Waals surface area contributed by atoms with Gasteiger partial charge in [0.05, 0.1) is 18.0 Å². The summed E-state index contributed by atoms with van der Waals surface area (Å²) in [4.78, 5) is 4.41. The van der Waals surface area contributed by atoms with Gasteiger partial charge in [0.15, 0.2) is 5.65 Å². The van der Waals surface area contributed by atoms with Crippen molar-refractivity contribution < 1.29 is 4.74 Å². The van der Waals surface area contributed by atoms with Crippen LogP contribution < -0.4 is 5.73 Å². The number of nitrogen functional groups attached to an aromatic ring is 1. The highest BCUT2D eigenvalue weighted by molar-refractivity contribution is 5.64. The second kappa shape index (κ2) is 3.67. The molecule has 2 rings (SSSR count). The molecule has 0 saturated heterocycles. The largest absolute Gasteiger partial charge is 0.396 e. The molecule has 0 amide bonds. The van der Waals surface area contributed by atoms with Crippen LogP contribution in [-0.4, -0.2) is 23.1 Å². The fraction of sp³-hybridized carbons (Fsp3) is 0.300. The molecular formula is C10H13N3O. The first-order valence-corrected chi connectivity index (χ1v) is 4.52. The van der Waals surface area contributed by atoms with E-state index in [9.17, 15) is 0 Å². The molecule has 14 heavy (non-hydrogen) atoms. The predicted octanol–water partition coefficient (Wildman–Crippen LogP) is 1.11. The van der Waals surface area contributed by atoms with Crippen LogP contribution in [0, 0.1) is 0 Å². The maximum atomic E-state index is 5.78. The number of aromatic nitrogens is 2. The van der Waals surface area contributed by atoms with Crippen LogP contribution in [0.1, 0.15) is 5.69 Å². The van der Waals surface area contributed by atoms with Crippen molar-refractivity contribution in [2.24, 2.45) is 0 Å². The summed E-state index contributed by atoms with van der Waals surface area (Å²) in [5.74, 6) is 0. The van der Waals surface area contributed by atoms with E-state index in [1.807, 2.05) is 28.9 Å². The van der Waals surface area contributed by atoms with E-state index in [1.165, 1.54) is 0 Å². The van der Waals surface area contributed by atoms with Gasteiger partial charge in [-0.1, -0.05) is 0 Å². The highest BCUT2D eigenvalue weighted by atomic mass is 16.5. The van der Waals surface area contributed by atoms with E-state index in [0.717, 1.165) is 17.8 Å². The number of fused-ring (bicyclic) bond motifs is 1. The molecular weight excluding hydrogens is 178 g/mol. The number of rotatable bonds is 3. The number of methoxy groups -OCH3 is 1. The molecule has 0 saturated carbocycles. The minimum atomic E-state index is 0.684. The van der Waals surface area contributed by atoms with Crippen molar-refractivity contribution in [2.75, 3.05) is 19.5 Å². The normalized spacial score (nSPS) is 10.9. The van der Waals surface area contributed by atoms with Crippen LogP contribution in [0.2, 0.25) is 0 Å². The Morgan fingerprint density at radius 2 is 2.43 bits per heavy atom. The van der Waals surface area contributed by atoms with Gasteiger partial charge in [0.2, 0.25) is 0 Å². The minimum Gasteiger partial charge on any atom is -0.396 e. The Morgan fingerprint density at radius 1 is 1.57 bits per heavy atom. The molecule has 74 valence electrons. The lowest BCUT2D eigenvalue weighted by molar-refractivity contribution is 0.201. The third kappa shape index (κ3) is 1.56. The van der Waals surface area contributed by atoms with Gasteiger partial charge in [-0.3, -0.25) is 0 Å². The third-order valence-electron chi connectivity index (χ3n) is 2.13. The molecule has 4 heteroatoms. The molecule has 0 radical (unpaired) electrons. The summed E-state index contributed by atoms with van der Waals surface area (Å²) in [6.45, 7) is 0.684. The first-order chi connectivity index (χ1) is 6.81. The summed E-state index contributed by atoms with van der Waals surface area (Å²) in [5.41, 5.74) is 8.31. The summed E-state index contributed by atoms with van der Waals surface area (Å²) in [7, 11) is 1.68. The molecule has 0 fully saturated rings. The Labute approximate surface area is 82.3 Å². The van der Waals surface area contributed by atoms with Crippen molar-refractivity contribution >= 4 is 11.3 Å². The third-order valence-corrected chi connectivity index (χ3v) is 2.13. The van der Waals surface area contributed by atoms with Gasteiger partial charge in [0.25, 0.3) is 0 Å². The van der Waals surface area contributed by atoms with Gasteiger partial charge in [-0.15, -0.1) is 0 Å². The number of hydrogen-bond donors (Lipinski definition) is 1. The number of nitrogens with zero attached hydrogens (tertiary/aromatic N) is 2. The monoisotopic (exact) mass is 191 g/mol. The standard InChI is InChI=1S/C10H13N3O/c1-14-6-4-8-7-13-5-2-3-9(11)10(13)12-8/h2-3,5,7H,4,6,11H2,1H3. The van der Waals surface area contributed by atoms with Crippen molar-refractivity contribution in [2.45, 2.75) is 6.42 Å². The maximum absolute atomic E-state index is 5.78. The van der Waals surface area contributed by atoms with E-state index in [0.29, 0.717) is 12.3 Å². The molecule has 2 heterocycles. The second-order valence-electron chi connectivity index (χ2n) is 3.17. The first kappa shape index (κ1) is 9.02. The van der Waals surface area contributed by atoms with Crippen LogP contribution in [0.3, 0.4) is 0 Å². The topological polar surface area (TPSA) is 52.5 Å². The summed E-state index contributed by atoms with van der Waals surface area (Å²) < 4.78 is 6.92. The molecule has 4 nitrogen and oxygen atoms in total. The molecule has 2 N–H and O–H groups in total. The van der Waals surface area contributed by atoms with E-state index in [4.69, 9.17) is 10.5 Å². The molecule has 0 spiro atoms. The molecule has 0 bridgehead atoms. The zero-order chi connectivity index (χ0) is 9.97. The summed E-state index contributed by atoms with van der Waals surface area (Å²) in [6, 6.07) is 3.76. The summed E-state index contributed by atoms with van der Waals surface area (Å²) in [6.07, 6.45) is 4.73. The van der Waals surface area contributed by atoms with E-state index >= 15 is 0 Å². The zero-order valence-corrected chi connectivity index (χ0v) is 8.10. The average molecular weight is 191 g/mol. The van der Waals surface area contributed by atoms with Crippen LogP contribution in [0.5, 0.6) is 0 Å². The second-order valence-corrected chi connectivity index (χ2v) is 3.17. The molecule has 0 aliphatic rings. The van der Waals surface area contributed by atoms with Gasteiger partial charge in [0.1, 0.15) is 0 Å². The van der Waals surface area contributed by atoms with Crippen molar-refractivity contribution in [3.63, 3.8) is 0 Å². The van der Waals surface area contributed by atoms with Crippen LogP contribution in [0.4, 0.5) is 5.69 Å². The van der Waals surface area contributed by atoms with Crippen LogP contribution in [0.25, 0.3) is 5.65 Å². The predicted molar refractivity (Wildman–Crippen MR) is 55.2 cm³/mol. The number of nitrogens with two attached hydrogens (primary N) is 1. The quantitative estimate of drug-likeness (QED) is 0.790. The molecule has 0 aliphatic heterocycles. The Balaban J connectivity index is 2.36. The Kier molecular flexibility index (Phi) is 2.37. The Bertz CT molecular complexity index is 436. The highest BCUT2D eigenvalue weighted by Crippen LogP contribution is 2.12. The van der Waals surface area contributed by atoms with E-state index < -0.39 is 0 Å². The van der Waals surface area contributed by atoms with Crippen molar-refractivity contribution in [3.05, 3.63) is 30.2 Å². The van der Waals surface area contributed by atoms with E-state index in [1.54, 1.807) is 7.11 Å². The first-order valence-electron chi connectivity index (χ1n) is 4.52. The number of imidazole rings is 1. The molecule has 0 aliphatic carbocycles. The van der Waals surface area contributed by atoms with E-state index in [2.05, 4.69) is 4.98 Å². The van der Waals surface area contributed by atoms with E-state index in [-0.39, 0.29) is 0 Å². The SMILES string of the molecule is COCCc1cn2cccc(N)c2n1. The Hall–Kier alpha value is -1.55. The molecule has 2 aromatic rings. The zero-order valence-electron chi connectivity index (χ0n) is 8.10. The molecule has 0 unspecified atom stereocenters. The van der Waals surface area contributed by atoms with Crippen molar-refractivity contribution in [1.29, 1.82) is 0 Å². The minimum absolute atomic E-state index is 0.684. The molecule has 0 aromatic carbocycles. The van der Waals surface area contributed by atoms with Gasteiger partial charge in [-0.2, -0.15) is 0 Å². The van der Waals surface area contributed by atoms with Crippen LogP contribution >= 0.6 is 0 Å². The fourth-order valence-corrected chi connectivity index (χ4v) is 1.41. The fourth-order valence-electron chi connectivity index (χ4n) is 1.41. The van der Waals surface area contributed by atoms with Gasteiger partial charge in [-0.05, 0) is 12.1 Å². The number of pyridine rings is 1.